The Balaban J connectivity index is 2.51. The molecule has 20 heavy (non-hydrogen) atoms. The third-order valence-electron chi connectivity index (χ3n) is 3.04. The molecule has 5 nitrogen and oxygen atoms in total. The van der Waals surface area contributed by atoms with Crippen molar-refractivity contribution in [3.05, 3.63) is 48.0 Å². The predicted molar refractivity (Wildman–Crippen MR) is 75.4 cm³/mol. The number of hydrogen-bond acceptors (Lipinski definition) is 4. The first-order valence-electron chi connectivity index (χ1n) is 5.78. The van der Waals surface area contributed by atoms with Gasteiger partial charge in [0.2, 0.25) is 0 Å². The summed E-state index contributed by atoms with van der Waals surface area (Å²) >= 11 is 0. The number of nitrogens with zero attached hydrogens (tertiary/aromatic N) is 2. The fourth-order valence-corrected chi connectivity index (χ4v) is 2.92. The molecule has 0 unspecified atom stereocenters. The molecule has 0 fully saturated rings. The van der Waals surface area contributed by atoms with Gasteiger partial charge in [0.25, 0.3) is 10.0 Å². The summed E-state index contributed by atoms with van der Waals surface area (Å²) in [5, 5.41) is 0. The smallest absolute Gasteiger partial charge is 0.264 e. The molecule has 1 aromatic carbocycles. The van der Waals surface area contributed by atoms with Crippen LogP contribution in [0.25, 0.3) is 0 Å². The number of nitrogens with two attached hydrogens (primary N) is 1. The van der Waals surface area contributed by atoms with E-state index in [4.69, 9.17) is 5.73 Å². The lowest BCUT2D eigenvalue weighted by molar-refractivity contribution is 0.588. The molecule has 0 bridgehead atoms. The van der Waals surface area contributed by atoms with Crippen LogP contribution in [0.3, 0.4) is 0 Å². The standard InChI is InChI=1S/C13H14FN3O2S/c1-9-12(14)7-11(8-13(9)15)20(18,19)17(2)10-3-5-16-6-4-10/h3-8H,15H2,1-2H3. The van der Waals surface area contributed by atoms with E-state index in [9.17, 15) is 12.8 Å². The average molecular weight is 295 g/mol. The van der Waals surface area contributed by atoms with Gasteiger partial charge >= 0.3 is 0 Å². The summed E-state index contributed by atoms with van der Waals surface area (Å²) in [4.78, 5) is 3.64. The third-order valence-corrected chi connectivity index (χ3v) is 4.81. The summed E-state index contributed by atoms with van der Waals surface area (Å²) in [6.45, 7) is 1.49. The number of rotatable bonds is 3. The van der Waals surface area contributed by atoms with Gasteiger partial charge in [-0.3, -0.25) is 9.29 Å². The Hall–Kier alpha value is -2.15. The predicted octanol–water partition coefficient (Wildman–Crippen LogP) is 1.94. The Morgan fingerprint density at radius 2 is 1.85 bits per heavy atom. The minimum absolute atomic E-state index is 0.103. The highest BCUT2D eigenvalue weighted by atomic mass is 32.2. The minimum atomic E-state index is -3.87. The highest BCUT2D eigenvalue weighted by Gasteiger charge is 2.23. The summed E-state index contributed by atoms with van der Waals surface area (Å²) in [6, 6.07) is 5.32. The Morgan fingerprint density at radius 1 is 1.25 bits per heavy atom. The maximum absolute atomic E-state index is 13.7. The molecule has 0 aliphatic rings. The molecule has 0 radical (unpaired) electrons. The van der Waals surface area contributed by atoms with Crippen molar-refractivity contribution in [3.63, 3.8) is 0 Å². The molecule has 1 aromatic heterocycles. The van der Waals surface area contributed by atoms with Gasteiger partial charge in [0.15, 0.2) is 0 Å². The summed E-state index contributed by atoms with van der Waals surface area (Å²) in [7, 11) is -2.48. The molecule has 2 rings (SSSR count). The molecule has 2 N–H and O–H groups in total. The summed E-state index contributed by atoms with van der Waals surface area (Å²) < 4.78 is 39.6. The van der Waals surface area contributed by atoms with Crippen LogP contribution in [0.5, 0.6) is 0 Å². The van der Waals surface area contributed by atoms with Gasteiger partial charge in [-0.2, -0.15) is 0 Å². The molecule has 7 heteroatoms. The summed E-state index contributed by atoms with van der Waals surface area (Å²) in [5.74, 6) is -0.647. The number of nitrogen functional groups attached to an aromatic ring is 1. The summed E-state index contributed by atoms with van der Waals surface area (Å²) in [5.41, 5.74) is 6.39. The van der Waals surface area contributed by atoms with Gasteiger partial charge in [-0.05, 0) is 31.2 Å². The van der Waals surface area contributed by atoms with Crippen molar-refractivity contribution in [2.75, 3.05) is 17.1 Å². The van der Waals surface area contributed by atoms with Crippen molar-refractivity contribution in [2.24, 2.45) is 0 Å². The molecule has 0 atom stereocenters. The zero-order chi connectivity index (χ0) is 14.9. The molecule has 0 saturated carbocycles. The van der Waals surface area contributed by atoms with Gasteiger partial charge in [0.1, 0.15) is 5.82 Å². The van der Waals surface area contributed by atoms with Crippen molar-refractivity contribution >= 4 is 21.4 Å². The van der Waals surface area contributed by atoms with Crippen molar-refractivity contribution in [1.29, 1.82) is 0 Å². The van der Waals surface area contributed by atoms with Gasteiger partial charge in [-0.25, -0.2) is 12.8 Å². The first kappa shape index (κ1) is 14.3. The molecule has 106 valence electrons. The van der Waals surface area contributed by atoms with E-state index in [1.807, 2.05) is 0 Å². The summed E-state index contributed by atoms with van der Waals surface area (Å²) in [6.07, 6.45) is 2.96. The molecule has 2 aromatic rings. The van der Waals surface area contributed by atoms with E-state index in [0.717, 1.165) is 10.4 Å². The largest absolute Gasteiger partial charge is 0.398 e. The van der Waals surface area contributed by atoms with Crippen molar-refractivity contribution in [1.82, 2.24) is 4.98 Å². The first-order chi connectivity index (χ1) is 9.34. The molecule has 0 aliphatic heterocycles. The van der Waals surface area contributed by atoms with E-state index >= 15 is 0 Å². The Bertz CT molecular complexity index is 710. The molecular weight excluding hydrogens is 281 g/mol. The van der Waals surface area contributed by atoms with Gasteiger partial charge < -0.3 is 5.73 Å². The molecule has 1 heterocycles. The van der Waals surface area contributed by atoms with Crippen LogP contribution in [-0.2, 0) is 10.0 Å². The van der Waals surface area contributed by atoms with Crippen LogP contribution in [0, 0.1) is 12.7 Å². The molecular formula is C13H14FN3O2S. The molecule has 0 amide bonds. The zero-order valence-electron chi connectivity index (χ0n) is 11.0. The van der Waals surface area contributed by atoms with E-state index in [-0.39, 0.29) is 16.1 Å². The average Bonchev–Trinajstić information content (AvgIpc) is 2.44. The van der Waals surface area contributed by atoms with E-state index in [1.165, 1.54) is 32.4 Å². The zero-order valence-corrected chi connectivity index (χ0v) is 11.9. The van der Waals surface area contributed by atoms with Crippen LogP contribution in [0.1, 0.15) is 5.56 Å². The maximum atomic E-state index is 13.7. The number of hydrogen-bond donors (Lipinski definition) is 1. The van der Waals surface area contributed by atoms with Gasteiger partial charge in [0, 0.05) is 30.7 Å². The van der Waals surface area contributed by atoms with E-state index in [0.29, 0.717) is 5.69 Å². The fraction of sp³-hybridized carbons (Fsp3) is 0.154. The van der Waals surface area contributed by atoms with E-state index in [1.54, 1.807) is 12.1 Å². The SMILES string of the molecule is Cc1c(N)cc(S(=O)(=O)N(C)c2ccncc2)cc1F. The fourth-order valence-electron chi connectivity index (χ4n) is 1.67. The topological polar surface area (TPSA) is 76.3 Å². The van der Waals surface area contributed by atoms with Gasteiger partial charge in [-0.15, -0.1) is 0 Å². The second-order valence-corrected chi connectivity index (χ2v) is 6.27. The highest BCUT2D eigenvalue weighted by molar-refractivity contribution is 7.92. The lowest BCUT2D eigenvalue weighted by atomic mass is 10.2. The molecule has 0 saturated heterocycles. The minimum Gasteiger partial charge on any atom is -0.398 e. The molecule has 0 spiro atoms. The van der Waals surface area contributed by atoms with Crippen molar-refractivity contribution in [2.45, 2.75) is 11.8 Å². The number of benzene rings is 1. The third kappa shape index (κ3) is 2.44. The maximum Gasteiger partial charge on any atom is 0.264 e. The van der Waals surface area contributed by atoms with Gasteiger partial charge in [0.05, 0.1) is 10.6 Å². The lowest BCUT2D eigenvalue weighted by Gasteiger charge is -2.19. The quantitative estimate of drug-likeness (QED) is 0.878. The number of sulfonamides is 1. The first-order valence-corrected chi connectivity index (χ1v) is 7.22. The lowest BCUT2D eigenvalue weighted by Crippen LogP contribution is -2.26. The van der Waals surface area contributed by atoms with E-state index < -0.39 is 15.8 Å². The van der Waals surface area contributed by atoms with Gasteiger partial charge in [-0.1, -0.05) is 0 Å². The van der Waals surface area contributed by atoms with Crippen LogP contribution in [-0.4, -0.2) is 20.4 Å². The van der Waals surface area contributed by atoms with Crippen LogP contribution in [0.4, 0.5) is 15.8 Å². The second-order valence-electron chi connectivity index (χ2n) is 4.30. The monoisotopic (exact) mass is 295 g/mol. The van der Waals surface area contributed by atoms with Crippen molar-refractivity contribution in [3.8, 4) is 0 Å². The number of aromatic nitrogens is 1. The number of anilines is 2. The Kier molecular flexibility index (Phi) is 3.63. The highest BCUT2D eigenvalue weighted by Crippen LogP contribution is 2.25. The molecule has 0 aliphatic carbocycles. The Morgan fingerprint density at radius 3 is 2.40 bits per heavy atom. The second kappa shape index (κ2) is 5.09. The van der Waals surface area contributed by atoms with Crippen LogP contribution in [0.15, 0.2) is 41.6 Å². The number of pyridine rings is 1. The van der Waals surface area contributed by atoms with Crippen LogP contribution in [0.2, 0.25) is 0 Å². The number of halogens is 1. The normalized spacial score (nSPS) is 11.3. The van der Waals surface area contributed by atoms with Crippen LogP contribution < -0.4 is 10.0 Å². The Labute approximate surface area is 116 Å². The van der Waals surface area contributed by atoms with Crippen LogP contribution >= 0.6 is 0 Å². The van der Waals surface area contributed by atoms with E-state index in [2.05, 4.69) is 4.98 Å². The van der Waals surface area contributed by atoms with Crippen molar-refractivity contribution < 1.29 is 12.8 Å².